The molecule has 3 saturated carbocycles. The number of carbonyl (C=O) groups is 1. The highest BCUT2D eigenvalue weighted by molar-refractivity contribution is 9.10. The number of amides is 1. The summed E-state index contributed by atoms with van der Waals surface area (Å²) in [6.45, 7) is 1.34. The van der Waals surface area contributed by atoms with Crippen LogP contribution in [-0.4, -0.2) is 35.6 Å². The van der Waals surface area contributed by atoms with E-state index >= 15 is 13.2 Å². The molecule has 1 aromatic carbocycles. The number of carbonyl (C=O) groups excluding carboxylic acids is 1. The van der Waals surface area contributed by atoms with Crippen LogP contribution in [0.4, 0.5) is 22.4 Å². The van der Waals surface area contributed by atoms with Gasteiger partial charge in [-0.05, 0) is 70.1 Å². The predicted octanol–water partition coefficient (Wildman–Crippen LogP) is 6.20. The Hall–Kier alpha value is -2.21. The molecule has 2 N–H and O–H groups in total. The van der Waals surface area contributed by atoms with Crippen molar-refractivity contribution in [3.63, 3.8) is 0 Å². The van der Waals surface area contributed by atoms with Gasteiger partial charge in [0.15, 0.2) is 22.5 Å². The van der Waals surface area contributed by atoms with E-state index in [-0.39, 0.29) is 30.7 Å². The van der Waals surface area contributed by atoms with Crippen LogP contribution >= 0.6 is 15.9 Å². The van der Waals surface area contributed by atoms with E-state index in [1.54, 1.807) is 24.3 Å². The Balaban J connectivity index is 1.64. The number of fused-ring (bicyclic) bond motifs is 3. The van der Waals surface area contributed by atoms with Gasteiger partial charge in [-0.25, -0.2) is 9.18 Å². The molecule has 2 bridgehead atoms. The molecule has 4 fully saturated rings. The Morgan fingerprint density at radius 2 is 1.70 bits per heavy atom. The third kappa shape index (κ3) is 3.72. The van der Waals surface area contributed by atoms with Crippen LogP contribution in [0.5, 0.6) is 0 Å². The lowest BCUT2D eigenvalue weighted by Gasteiger charge is -2.66. The number of benzene rings is 1. The first kappa shape index (κ1) is 26.4. The van der Waals surface area contributed by atoms with Crippen molar-refractivity contribution in [1.82, 2.24) is 10.1 Å². The lowest BCUT2D eigenvalue weighted by molar-refractivity contribution is -0.389. The van der Waals surface area contributed by atoms with E-state index in [2.05, 4.69) is 26.1 Å². The summed E-state index contributed by atoms with van der Waals surface area (Å²) < 4.78 is 76.2. The largest absolute Gasteiger partial charge is 0.436 e. The number of halogens is 5. The highest BCUT2D eigenvalue weighted by Crippen LogP contribution is 2.72. The number of rotatable bonds is 6. The molecule has 0 spiro atoms. The molecule has 1 unspecified atom stereocenters. The van der Waals surface area contributed by atoms with Crippen LogP contribution in [0.25, 0.3) is 0 Å². The first-order valence-electron chi connectivity index (χ1n) is 12.1. The first-order chi connectivity index (χ1) is 17.2. The fourth-order valence-electron chi connectivity index (χ4n) is 6.82. The number of hydrogen-bond acceptors (Lipinski definition) is 6. The molecule has 12 heteroatoms. The standard InChI is InChI=1S/C25H28BrF4N3O4/c1-20(2,27)18-32-17(33-37-18)21-6-9-22(10-7-21,11-8-21)24(36-19(31)34,15-4-3-5-16(26)12-15)23(13-35-14-23)25(28,29)30/h3-5,12H,6-11,13-14H2,1-2H3,(H2,31,34). The zero-order valence-corrected chi connectivity index (χ0v) is 22.0. The molecule has 3 aliphatic carbocycles. The van der Waals surface area contributed by atoms with E-state index in [1.165, 1.54) is 13.8 Å². The maximum atomic E-state index is 15.0. The van der Waals surface area contributed by atoms with Gasteiger partial charge in [-0.3, -0.25) is 0 Å². The van der Waals surface area contributed by atoms with Crippen molar-refractivity contribution in [2.45, 2.75) is 75.2 Å². The van der Waals surface area contributed by atoms with E-state index in [0.29, 0.717) is 29.6 Å². The zero-order chi connectivity index (χ0) is 26.9. The van der Waals surface area contributed by atoms with Crippen molar-refractivity contribution in [2.75, 3.05) is 13.2 Å². The fraction of sp³-hybridized carbons (Fsp3) is 0.640. The summed E-state index contributed by atoms with van der Waals surface area (Å²) in [7, 11) is 0. The van der Waals surface area contributed by atoms with Crippen molar-refractivity contribution in [2.24, 2.45) is 16.6 Å². The topological polar surface area (TPSA) is 100 Å². The van der Waals surface area contributed by atoms with Crippen LogP contribution in [0.3, 0.4) is 0 Å². The molecule has 2 aromatic rings. The average molecular weight is 590 g/mol. The maximum Gasteiger partial charge on any atom is 0.405 e. The Kier molecular flexibility index (Phi) is 5.99. The number of ether oxygens (including phenoxy) is 2. The second-order valence-corrected chi connectivity index (χ2v) is 12.1. The summed E-state index contributed by atoms with van der Waals surface area (Å²) in [6.07, 6.45) is -3.91. The van der Waals surface area contributed by atoms with Gasteiger partial charge in [0, 0.05) is 15.3 Å². The van der Waals surface area contributed by atoms with Gasteiger partial charge in [-0.1, -0.05) is 33.2 Å². The smallest absolute Gasteiger partial charge is 0.405 e. The summed E-state index contributed by atoms with van der Waals surface area (Å²) in [4.78, 5) is 16.7. The Morgan fingerprint density at radius 3 is 2.14 bits per heavy atom. The molecule has 37 heavy (non-hydrogen) atoms. The molecule has 0 radical (unpaired) electrons. The Morgan fingerprint density at radius 1 is 1.08 bits per heavy atom. The van der Waals surface area contributed by atoms with Gasteiger partial charge in [-0.15, -0.1) is 0 Å². The minimum Gasteiger partial charge on any atom is -0.436 e. The van der Waals surface area contributed by atoms with Gasteiger partial charge in [-0.2, -0.15) is 18.2 Å². The Labute approximate surface area is 219 Å². The summed E-state index contributed by atoms with van der Waals surface area (Å²) in [5.74, 6) is 0.227. The molecule has 1 amide bonds. The molecule has 1 atom stereocenters. The molecular formula is C25H28BrF4N3O4. The number of primary amides is 1. The van der Waals surface area contributed by atoms with Gasteiger partial charge in [0.2, 0.25) is 0 Å². The van der Waals surface area contributed by atoms with Crippen LogP contribution in [0.15, 0.2) is 33.3 Å². The maximum absolute atomic E-state index is 15.0. The number of hydrogen-bond donors (Lipinski definition) is 1. The van der Waals surface area contributed by atoms with Crippen LogP contribution in [0.2, 0.25) is 0 Å². The summed E-state index contributed by atoms with van der Waals surface area (Å²) in [5.41, 5.74) is -2.33. The predicted molar refractivity (Wildman–Crippen MR) is 126 cm³/mol. The highest BCUT2D eigenvalue weighted by Gasteiger charge is 2.80. The van der Waals surface area contributed by atoms with E-state index < -0.39 is 53.0 Å². The van der Waals surface area contributed by atoms with E-state index in [4.69, 9.17) is 19.7 Å². The fourth-order valence-corrected chi connectivity index (χ4v) is 7.21. The SMILES string of the molecule is CC(C)(F)c1nc(C23CCC(C(OC(N)=O)(c4cccc(Br)c4)C4(C(F)(F)F)COC4)(CC2)CC3)no1. The summed E-state index contributed by atoms with van der Waals surface area (Å²) in [6, 6.07) is 6.43. The minimum atomic E-state index is -4.75. The minimum absolute atomic E-state index is 0.137. The van der Waals surface area contributed by atoms with E-state index in [0.717, 1.165) is 0 Å². The molecule has 4 aliphatic rings. The van der Waals surface area contributed by atoms with Gasteiger partial charge in [0.25, 0.3) is 5.89 Å². The van der Waals surface area contributed by atoms with E-state index in [1.807, 2.05) is 0 Å². The first-order valence-corrected chi connectivity index (χ1v) is 12.9. The lowest BCUT2D eigenvalue weighted by atomic mass is 9.42. The second-order valence-electron chi connectivity index (χ2n) is 11.1. The molecule has 1 aromatic heterocycles. The quantitative estimate of drug-likeness (QED) is 0.403. The van der Waals surface area contributed by atoms with E-state index in [9.17, 15) is 9.18 Å². The Bertz CT molecular complexity index is 1180. The number of nitrogens with two attached hydrogens (primary N) is 1. The van der Waals surface area contributed by atoms with Gasteiger partial charge in [0.1, 0.15) is 0 Å². The normalized spacial score (nSPS) is 28.8. The molecule has 7 nitrogen and oxygen atoms in total. The molecular weight excluding hydrogens is 562 g/mol. The van der Waals surface area contributed by atoms with Gasteiger partial charge < -0.3 is 19.7 Å². The van der Waals surface area contributed by atoms with Crippen molar-refractivity contribution >= 4 is 22.0 Å². The number of aromatic nitrogens is 2. The van der Waals surface area contributed by atoms with Gasteiger partial charge in [0.05, 0.1) is 13.2 Å². The van der Waals surface area contributed by atoms with Crippen molar-refractivity contribution in [3.05, 3.63) is 46.0 Å². The molecule has 6 rings (SSSR count). The van der Waals surface area contributed by atoms with Crippen LogP contribution in [-0.2, 0) is 26.2 Å². The number of alkyl halides is 4. The van der Waals surface area contributed by atoms with Crippen LogP contribution in [0.1, 0.15) is 69.7 Å². The summed E-state index contributed by atoms with van der Waals surface area (Å²) in [5, 5.41) is 4.05. The molecule has 1 saturated heterocycles. The monoisotopic (exact) mass is 589 g/mol. The zero-order valence-electron chi connectivity index (χ0n) is 20.5. The summed E-state index contributed by atoms with van der Waals surface area (Å²) >= 11 is 3.37. The lowest BCUT2D eigenvalue weighted by Crippen LogP contribution is -2.74. The molecule has 1 aliphatic heterocycles. The highest BCUT2D eigenvalue weighted by atomic mass is 79.9. The third-order valence-electron chi connectivity index (χ3n) is 8.80. The second kappa shape index (κ2) is 8.39. The van der Waals surface area contributed by atoms with Crippen LogP contribution in [0, 0.1) is 10.8 Å². The molecule has 202 valence electrons. The van der Waals surface area contributed by atoms with Crippen molar-refractivity contribution in [3.8, 4) is 0 Å². The average Bonchev–Trinajstić information content (AvgIpc) is 3.29. The number of nitrogens with zero attached hydrogens (tertiary/aromatic N) is 2. The van der Waals surface area contributed by atoms with Crippen molar-refractivity contribution in [1.29, 1.82) is 0 Å². The van der Waals surface area contributed by atoms with Gasteiger partial charge >= 0.3 is 12.3 Å². The van der Waals surface area contributed by atoms with Crippen molar-refractivity contribution < 1.29 is 36.4 Å². The third-order valence-corrected chi connectivity index (χ3v) is 9.29. The van der Waals surface area contributed by atoms with Crippen LogP contribution < -0.4 is 5.73 Å². The molecule has 2 heterocycles.